The van der Waals surface area contributed by atoms with E-state index in [1.165, 1.54) is 0 Å². The molecular weight excluding hydrogens is 266 g/mol. The van der Waals surface area contributed by atoms with Gasteiger partial charge < -0.3 is 15.5 Å². The summed E-state index contributed by atoms with van der Waals surface area (Å²) in [5.41, 5.74) is 1.84. The lowest BCUT2D eigenvalue weighted by molar-refractivity contribution is -0.121. The highest BCUT2D eigenvalue weighted by molar-refractivity contribution is 5.78. The standard InChI is InChI=1S/C17H19NO3/c1-12(9-13-5-7-15(19)8-6-13)18-17(21)11-14-3-2-4-16(20)10-14/h2-8,10,12,19-20H,9,11H2,1H3,(H,18,21)/t12-/m1/s1. The van der Waals surface area contributed by atoms with Gasteiger partial charge in [-0.2, -0.15) is 0 Å². The van der Waals surface area contributed by atoms with Crippen molar-refractivity contribution >= 4 is 5.91 Å². The minimum Gasteiger partial charge on any atom is -0.508 e. The molecule has 1 amide bonds. The molecule has 0 radical (unpaired) electrons. The molecule has 0 heterocycles. The number of rotatable bonds is 5. The Hall–Kier alpha value is -2.49. The molecule has 2 aromatic carbocycles. The van der Waals surface area contributed by atoms with Gasteiger partial charge in [-0.3, -0.25) is 4.79 Å². The first-order valence-corrected chi connectivity index (χ1v) is 6.88. The Kier molecular flexibility index (Phi) is 4.82. The van der Waals surface area contributed by atoms with Crippen molar-refractivity contribution in [1.29, 1.82) is 0 Å². The zero-order chi connectivity index (χ0) is 15.2. The molecule has 3 N–H and O–H groups in total. The maximum absolute atomic E-state index is 11.9. The van der Waals surface area contributed by atoms with Crippen molar-refractivity contribution in [3.05, 3.63) is 59.7 Å². The van der Waals surface area contributed by atoms with Crippen LogP contribution < -0.4 is 5.32 Å². The summed E-state index contributed by atoms with van der Waals surface area (Å²) in [7, 11) is 0. The van der Waals surface area contributed by atoms with E-state index in [4.69, 9.17) is 0 Å². The zero-order valence-corrected chi connectivity index (χ0v) is 11.9. The van der Waals surface area contributed by atoms with Crippen LogP contribution >= 0.6 is 0 Å². The second-order valence-corrected chi connectivity index (χ2v) is 5.19. The molecule has 110 valence electrons. The van der Waals surface area contributed by atoms with Crippen LogP contribution in [0.1, 0.15) is 18.1 Å². The molecule has 0 unspecified atom stereocenters. The molecule has 4 heteroatoms. The van der Waals surface area contributed by atoms with Gasteiger partial charge >= 0.3 is 0 Å². The van der Waals surface area contributed by atoms with Gasteiger partial charge in [0, 0.05) is 6.04 Å². The SMILES string of the molecule is C[C@H](Cc1ccc(O)cc1)NC(=O)Cc1cccc(O)c1. The molecule has 0 saturated carbocycles. The molecule has 0 aromatic heterocycles. The van der Waals surface area contributed by atoms with Crippen molar-refractivity contribution in [3.8, 4) is 11.5 Å². The van der Waals surface area contributed by atoms with Crippen molar-refractivity contribution in [3.63, 3.8) is 0 Å². The Balaban J connectivity index is 1.86. The number of carbonyl (C=O) groups is 1. The average Bonchev–Trinajstić information content (AvgIpc) is 2.41. The van der Waals surface area contributed by atoms with E-state index in [1.807, 2.05) is 25.1 Å². The van der Waals surface area contributed by atoms with Crippen LogP contribution in [0.2, 0.25) is 0 Å². The van der Waals surface area contributed by atoms with Gasteiger partial charge in [0.1, 0.15) is 11.5 Å². The number of nitrogens with one attached hydrogen (secondary N) is 1. The molecule has 0 saturated heterocycles. The lowest BCUT2D eigenvalue weighted by Crippen LogP contribution is -2.35. The summed E-state index contributed by atoms with van der Waals surface area (Å²) >= 11 is 0. The number of phenolic OH excluding ortho intramolecular Hbond substituents is 2. The van der Waals surface area contributed by atoms with Gasteiger partial charge in [0.05, 0.1) is 6.42 Å². The minimum absolute atomic E-state index is 0.000600. The fourth-order valence-corrected chi connectivity index (χ4v) is 2.21. The first-order chi connectivity index (χ1) is 10.0. The number of hydrogen-bond acceptors (Lipinski definition) is 3. The number of amides is 1. The molecule has 0 aliphatic rings. The Morgan fingerprint density at radius 2 is 1.76 bits per heavy atom. The number of carbonyl (C=O) groups excluding carboxylic acids is 1. The monoisotopic (exact) mass is 285 g/mol. The summed E-state index contributed by atoms with van der Waals surface area (Å²) in [4.78, 5) is 11.9. The van der Waals surface area contributed by atoms with Crippen LogP contribution in [-0.2, 0) is 17.6 Å². The van der Waals surface area contributed by atoms with Gasteiger partial charge in [-0.15, -0.1) is 0 Å². The van der Waals surface area contributed by atoms with Crippen LogP contribution in [0.15, 0.2) is 48.5 Å². The Bertz CT molecular complexity index is 608. The predicted octanol–water partition coefficient (Wildman–Crippen LogP) is 2.39. The van der Waals surface area contributed by atoms with Gasteiger partial charge in [-0.1, -0.05) is 24.3 Å². The molecule has 0 bridgehead atoms. The van der Waals surface area contributed by atoms with Crippen molar-refractivity contribution in [1.82, 2.24) is 5.32 Å². The highest BCUT2D eigenvalue weighted by Crippen LogP contribution is 2.13. The lowest BCUT2D eigenvalue weighted by atomic mass is 10.1. The normalized spacial score (nSPS) is 11.9. The average molecular weight is 285 g/mol. The van der Waals surface area contributed by atoms with E-state index in [-0.39, 0.29) is 29.9 Å². The van der Waals surface area contributed by atoms with E-state index in [0.29, 0.717) is 6.42 Å². The molecule has 0 fully saturated rings. The summed E-state index contributed by atoms with van der Waals surface area (Å²) in [6.45, 7) is 1.94. The second kappa shape index (κ2) is 6.79. The summed E-state index contributed by atoms with van der Waals surface area (Å²) in [6, 6.07) is 13.6. The van der Waals surface area contributed by atoms with Crippen LogP contribution in [-0.4, -0.2) is 22.2 Å². The van der Waals surface area contributed by atoms with Crippen LogP contribution in [0.4, 0.5) is 0 Å². The summed E-state index contributed by atoms with van der Waals surface area (Å²) in [5.74, 6) is 0.323. The fourth-order valence-electron chi connectivity index (χ4n) is 2.21. The molecule has 0 aliphatic heterocycles. The number of hydrogen-bond donors (Lipinski definition) is 3. The number of benzene rings is 2. The molecule has 0 spiro atoms. The first kappa shape index (κ1) is 14.9. The Morgan fingerprint density at radius 1 is 1.05 bits per heavy atom. The minimum atomic E-state index is -0.0770. The van der Waals surface area contributed by atoms with Gasteiger partial charge in [-0.25, -0.2) is 0 Å². The summed E-state index contributed by atoms with van der Waals surface area (Å²) in [5, 5.41) is 21.5. The molecule has 21 heavy (non-hydrogen) atoms. The van der Waals surface area contributed by atoms with E-state index < -0.39 is 0 Å². The van der Waals surface area contributed by atoms with E-state index in [9.17, 15) is 15.0 Å². The van der Waals surface area contributed by atoms with Crippen molar-refractivity contribution in [2.45, 2.75) is 25.8 Å². The highest BCUT2D eigenvalue weighted by atomic mass is 16.3. The lowest BCUT2D eigenvalue weighted by Gasteiger charge is -2.14. The largest absolute Gasteiger partial charge is 0.508 e. The highest BCUT2D eigenvalue weighted by Gasteiger charge is 2.09. The van der Waals surface area contributed by atoms with Crippen LogP contribution in [0.5, 0.6) is 11.5 Å². The summed E-state index contributed by atoms with van der Waals surface area (Å²) < 4.78 is 0. The van der Waals surface area contributed by atoms with Crippen LogP contribution in [0, 0.1) is 0 Å². The van der Waals surface area contributed by atoms with Crippen molar-refractivity contribution < 1.29 is 15.0 Å². The fraction of sp³-hybridized carbons (Fsp3) is 0.235. The first-order valence-electron chi connectivity index (χ1n) is 6.88. The third-order valence-electron chi connectivity index (χ3n) is 3.16. The third kappa shape index (κ3) is 4.84. The van der Waals surface area contributed by atoms with E-state index in [0.717, 1.165) is 11.1 Å². The molecule has 4 nitrogen and oxygen atoms in total. The number of phenols is 2. The Morgan fingerprint density at radius 3 is 2.43 bits per heavy atom. The molecular formula is C17H19NO3. The van der Waals surface area contributed by atoms with E-state index >= 15 is 0 Å². The predicted molar refractivity (Wildman–Crippen MR) is 81.2 cm³/mol. The van der Waals surface area contributed by atoms with E-state index in [1.54, 1.807) is 30.3 Å². The topological polar surface area (TPSA) is 69.6 Å². The second-order valence-electron chi connectivity index (χ2n) is 5.19. The quantitative estimate of drug-likeness (QED) is 0.790. The van der Waals surface area contributed by atoms with Gasteiger partial charge in [0.15, 0.2) is 0 Å². The van der Waals surface area contributed by atoms with Gasteiger partial charge in [0.25, 0.3) is 0 Å². The maximum atomic E-state index is 11.9. The molecule has 1 atom stereocenters. The van der Waals surface area contributed by atoms with Gasteiger partial charge in [0.2, 0.25) is 5.91 Å². The molecule has 2 aromatic rings. The Labute approximate surface area is 124 Å². The third-order valence-corrected chi connectivity index (χ3v) is 3.16. The van der Waals surface area contributed by atoms with Crippen molar-refractivity contribution in [2.75, 3.05) is 0 Å². The summed E-state index contributed by atoms with van der Waals surface area (Å²) in [6.07, 6.45) is 0.945. The van der Waals surface area contributed by atoms with Gasteiger partial charge in [-0.05, 0) is 48.7 Å². The number of aromatic hydroxyl groups is 2. The van der Waals surface area contributed by atoms with Crippen LogP contribution in [0.25, 0.3) is 0 Å². The zero-order valence-electron chi connectivity index (χ0n) is 11.9. The van der Waals surface area contributed by atoms with Crippen LogP contribution in [0.3, 0.4) is 0 Å². The van der Waals surface area contributed by atoms with Crippen molar-refractivity contribution in [2.24, 2.45) is 0 Å². The smallest absolute Gasteiger partial charge is 0.224 e. The molecule has 2 rings (SSSR count). The maximum Gasteiger partial charge on any atom is 0.224 e. The van der Waals surface area contributed by atoms with E-state index in [2.05, 4.69) is 5.32 Å². The molecule has 0 aliphatic carbocycles.